The van der Waals surface area contributed by atoms with Gasteiger partial charge in [0, 0.05) is 26.3 Å². The minimum atomic E-state index is -0.0556. The molecule has 5 heteroatoms. The molecule has 0 aliphatic heterocycles. The maximum Gasteiger partial charge on any atom is 0.257 e. The highest BCUT2D eigenvalue weighted by Crippen LogP contribution is 2.12. The lowest BCUT2D eigenvalue weighted by Crippen LogP contribution is -2.26. The van der Waals surface area contributed by atoms with Crippen LogP contribution in [0.5, 0.6) is 0 Å². The summed E-state index contributed by atoms with van der Waals surface area (Å²) in [4.78, 5) is 14.0. The summed E-state index contributed by atoms with van der Waals surface area (Å²) in [5.41, 5.74) is 3.07. The number of benzene rings is 1. The molecule has 1 amide bonds. The summed E-state index contributed by atoms with van der Waals surface area (Å²) in [6, 6.07) is 9.30. The van der Waals surface area contributed by atoms with Crippen LogP contribution in [0, 0.1) is 18.3 Å². The molecule has 0 unspecified atom stereocenters. The van der Waals surface area contributed by atoms with Gasteiger partial charge in [0.2, 0.25) is 0 Å². The van der Waals surface area contributed by atoms with Crippen molar-refractivity contribution in [1.29, 1.82) is 5.26 Å². The molecule has 2 aromatic rings. The molecule has 1 aromatic heterocycles. The number of amides is 1. The van der Waals surface area contributed by atoms with E-state index in [-0.39, 0.29) is 5.91 Å². The molecule has 0 fully saturated rings. The van der Waals surface area contributed by atoms with E-state index in [1.807, 2.05) is 26.1 Å². The van der Waals surface area contributed by atoms with Crippen LogP contribution in [0.4, 0.5) is 0 Å². The fourth-order valence-electron chi connectivity index (χ4n) is 1.94. The molecule has 1 heterocycles. The number of aromatic nitrogens is 2. The molecule has 0 aliphatic carbocycles. The summed E-state index contributed by atoms with van der Waals surface area (Å²) >= 11 is 0. The molecule has 0 aliphatic rings. The largest absolute Gasteiger partial charge is 0.337 e. The Morgan fingerprint density at radius 1 is 1.40 bits per heavy atom. The van der Waals surface area contributed by atoms with E-state index in [0.717, 1.165) is 11.3 Å². The van der Waals surface area contributed by atoms with Crippen LogP contribution in [0.25, 0.3) is 0 Å². The van der Waals surface area contributed by atoms with Crippen LogP contribution in [-0.2, 0) is 13.6 Å². The Kier molecular flexibility index (Phi) is 3.85. The highest BCUT2D eigenvalue weighted by atomic mass is 16.2. The zero-order valence-corrected chi connectivity index (χ0v) is 11.8. The van der Waals surface area contributed by atoms with Gasteiger partial charge in [-0.2, -0.15) is 10.4 Å². The first kappa shape index (κ1) is 13.8. The summed E-state index contributed by atoms with van der Waals surface area (Å²) in [6.45, 7) is 2.37. The molecular weight excluding hydrogens is 252 g/mol. The van der Waals surface area contributed by atoms with Gasteiger partial charge in [-0.25, -0.2) is 0 Å². The van der Waals surface area contributed by atoms with Crippen molar-refractivity contribution in [2.24, 2.45) is 7.05 Å². The van der Waals surface area contributed by atoms with Crippen LogP contribution in [0.2, 0.25) is 0 Å². The molecule has 0 N–H and O–H groups in total. The third-order valence-electron chi connectivity index (χ3n) is 3.32. The molecule has 20 heavy (non-hydrogen) atoms. The van der Waals surface area contributed by atoms with Gasteiger partial charge in [0.15, 0.2) is 0 Å². The molecule has 0 saturated carbocycles. The fraction of sp³-hybridized carbons (Fsp3) is 0.267. The van der Waals surface area contributed by atoms with Gasteiger partial charge in [0.25, 0.3) is 5.91 Å². The molecule has 1 aromatic carbocycles. The first-order valence-electron chi connectivity index (χ1n) is 6.26. The Balaban J connectivity index is 2.11. The zero-order chi connectivity index (χ0) is 14.7. The van der Waals surface area contributed by atoms with E-state index in [1.54, 1.807) is 35.0 Å². The molecule has 0 spiro atoms. The van der Waals surface area contributed by atoms with Gasteiger partial charge in [-0.3, -0.25) is 9.48 Å². The second kappa shape index (κ2) is 5.57. The number of rotatable bonds is 3. The van der Waals surface area contributed by atoms with Crippen LogP contribution in [0.3, 0.4) is 0 Å². The van der Waals surface area contributed by atoms with E-state index in [2.05, 4.69) is 11.2 Å². The van der Waals surface area contributed by atoms with Gasteiger partial charge in [0.1, 0.15) is 0 Å². The van der Waals surface area contributed by atoms with E-state index < -0.39 is 0 Å². The standard InChI is InChI=1S/C15H16N4O/c1-11-14(9-17-19(11)3)15(20)18(2)10-13-6-4-12(8-16)5-7-13/h4-7,9H,10H2,1-3H3. The molecule has 0 saturated heterocycles. The monoisotopic (exact) mass is 268 g/mol. The zero-order valence-electron chi connectivity index (χ0n) is 11.8. The van der Waals surface area contributed by atoms with E-state index in [1.165, 1.54) is 0 Å². The average molecular weight is 268 g/mol. The van der Waals surface area contributed by atoms with Gasteiger partial charge in [-0.15, -0.1) is 0 Å². The Morgan fingerprint density at radius 3 is 2.55 bits per heavy atom. The minimum absolute atomic E-state index is 0.0556. The molecule has 5 nitrogen and oxygen atoms in total. The second-order valence-corrected chi connectivity index (χ2v) is 4.74. The van der Waals surface area contributed by atoms with Crippen molar-refractivity contribution in [3.8, 4) is 6.07 Å². The van der Waals surface area contributed by atoms with Crippen LogP contribution < -0.4 is 0 Å². The highest BCUT2D eigenvalue weighted by Gasteiger charge is 2.17. The summed E-state index contributed by atoms with van der Waals surface area (Å²) in [5.74, 6) is -0.0556. The molecule has 2 rings (SSSR count). The smallest absolute Gasteiger partial charge is 0.257 e. The lowest BCUT2D eigenvalue weighted by Gasteiger charge is -2.17. The predicted octanol–water partition coefficient (Wildman–Crippen LogP) is 1.87. The predicted molar refractivity (Wildman–Crippen MR) is 74.9 cm³/mol. The van der Waals surface area contributed by atoms with Crippen molar-refractivity contribution in [2.45, 2.75) is 13.5 Å². The molecule has 0 radical (unpaired) electrons. The molecule has 0 atom stereocenters. The highest BCUT2D eigenvalue weighted by molar-refractivity contribution is 5.94. The molecule has 0 bridgehead atoms. The fourth-order valence-corrected chi connectivity index (χ4v) is 1.94. The van der Waals surface area contributed by atoms with E-state index in [0.29, 0.717) is 17.7 Å². The number of nitrogens with zero attached hydrogens (tertiary/aromatic N) is 4. The van der Waals surface area contributed by atoms with Crippen LogP contribution in [0.15, 0.2) is 30.5 Å². The van der Waals surface area contributed by atoms with Crippen molar-refractivity contribution < 1.29 is 4.79 Å². The number of hydrogen-bond donors (Lipinski definition) is 0. The quantitative estimate of drug-likeness (QED) is 0.853. The maximum absolute atomic E-state index is 12.3. The van der Waals surface area contributed by atoms with Gasteiger partial charge in [0.05, 0.1) is 23.4 Å². The number of aryl methyl sites for hydroxylation is 1. The maximum atomic E-state index is 12.3. The number of carbonyl (C=O) groups excluding carboxylic acids is 1. The van der Waals surface area contributed by atoms with Crippen LogP contribution in [-0.4, -0.2) is 27.6 Å². The number of nitriles is 1. The van der Waals surface area contributed by atoms with Gasteiger partial charge >= 0.3 is 0 Å². The van der Waals surface area contributed by atoms with E-state index in [9.17, 15) is 4.79 Å². The van der Waals surface area contributed by atoms with Crippen molar-refractivity contribution in [3.05, 3.63) is 52.8 Å². The van der Waals surface area contributed by atoms with Crippen molar-refractivity contribution in [1.82, 2.24) is 14.7 Å². The summed E-state index contributed by atoms with van der Waals surface area (Å²) in [7, 11) is 3.57. The normalized spacial score (nSPS) is 10.1. The lowest BCUT2D eigenvalue weighted by atomic mass is 10.1. The summed E-state index contributed by atoms with van der Waals surface area (Å²) < 4.78 is 1.68. The molecular formula is C15H16N4O. The number of carbonyl (C=O) groups is 1. The third kappa shape index (κ3) is 2.69. The first-order chi connectivity index (χ1) is 9.52. The van der Waals surface area contributed by atoms with Crippen LogP contribution >= 0.6 is 0 Å². The third-order valence-corrected chi connectivity index (χ3v) is 3.32. The summed E-state index contributed by atoms with van der Waals surface area (Å²) in [5, 5.41) is 12.8. The SMILES string of the molecule is Cc1c(C(=O)N(C)Cc2ccc(C#N)cc2)cnn1C. The Bertz CT molecular complexity index is 664. The Morgan fingerprint density at radius 2 is 2.05 bits per heavy atom. The Hall–Kier alpha value is -2.61. The Labute approximate surface area is 118 Å². The average Bonchev–Trinajstić information content (AvgIpc) is 2.79. The minimum Gasteiger partial charge on any atom is -0.337 e. The van der Waals surface area contributed by atoms with E-state index in [4.69, 9.17) is 5.26 Å². The summed E-state index contributed by atoms with van der Waals surface area (Å²) in [6.07, 6.45) is 1.59. The van der Waals surface area contributed by atoms with E-state index >= 15 is 0 Å². The van der Waals surface area contributed by atoms with Gasteiger partial charge < -0.3 is 4.90 Å². The first-order valence-corrected chi connectivity index (χ1v) is 6.26. The molecule has 102 valence electrons. The van der Waals surface area contributed by atoms with Crippen molar-refractivity contribution >= 4 is 5.91 Å². The lowest BCUT2D eigenvalue weighted by molar-refractivity contribution is 0.0784. The van der Waals surface area contributed by atoms with Gasteiger partial charge in [-0.1, -0.05) is 12.1 Å². The van der Waals surface area contributed by atoms with Crippen molar-refractivity contribution in [2.75, 3.05) is 7.05 Å². The van der Waals surface area contributed by atoms with Crippen LogP contribution in [0.1, 0.15) is 27.2 Å². The second-order valence-electron chi connectivity index (χ2n) is 4.74. The number of hydrogen-bond acceptors (Lipinski definition) is 3. The van der Waals surface area contributed by atoms with Crippen molar-refractivity contribution in [3.63, 3.8) is 0 Å². The topological polar surface area (TPSA) is 61.9 Å². The van der Waals surface area contributed by atoms with Gasteiger partial charge in [-0.05, 0) is 24.6 Å².